The van der Waals surface area contributed by atoms with Gasteiger partial charge in [0.05, 0.1) is 7.11 Å². The van der Waals surface area contributed by atoms with Gasteiger partial charge in [0, 0.05) is 33.5 Å². The van der Waals surface area contributed by atoms with Gasteiger partial charge in [-0.05, 0) is 26.2 Å². The Morgan fingerprint density at radius 3 is 3.17 bits per heavy atom. The molecular weight excluding hydrogens is 285 g/mol. The van der Waals surface area contributed by atoms with Gasteiger partial charge in [-0.25, -0.2) is 4.98 Å². The Bertz CT molecular complexity index is 318. The topological polar surface area (TPSA) is 22.1 Å². The summed E-state index contributed by atoms with van der Waals surface area (Å²) in [6.45, 7) is 0. The molecule has 0 saturated heterocycles. The van der Waals surface area contributed by atoms with Crippen LogP contribution in [0.4, 0.5) is 0 Å². The summed E-state index contributed by atoms with van der Waals surface area (Å²) in [5, 5.41) is 2.85. The number of methoxy groups -OCH3 is 1. The molecule has 0 radical (unpaired) electrons. The highest BCUT2D eigenvalue weighted by Crippen LogP contribution is 2.11. The van der Waals surface area contributed by atoms with Crippen LogP contribution in [-0.2, 0) is 0 Å². The Balaban J connectivity index is 2.86. The Labute approximate surface area is 87.7 Å². The van der Waals surface area contributed by atoms with Gasteiger partial charge in [0.25, 0.3) is 0 Å². The van der Waals surface area contributed by atoms with Crippen molar-refractivity contribution in [1.29, 1.82) is 0 Å². The third kappa shape index (κ3) is 2.91. The van der Waals surface area contributed by atoms with E-state index >= 15 is 0 Å². The molecule has 0 aliphatic rings. The molecule has 0 N–H and O–H groups in total. The standard InChI is InChI=1S/C8H6INOS/c1-11-8-2-4-10-7(6-8)3-5-12-9/h2,4,6H,1H3. The van der Waals surface area contributed by atoms with Crippen molar-refractivity contribution in [2.45, 2.75) is 0 Å². The molecule has 0 fully saturated rings. The van der Waals surface area contributed by atoms with Gasteiger partial charge < -0.3 is 4.74 Å². The predicted molar refractivity (Wildman–Crippen MR) is 59.3 cm³/mol. The van der Waals surface area contributed by atoms with Crippen molar-refractivity contribution in [3.8, 4) is 16.9 Å². The van der Waals surface area contributed by atoms with Gasteiger partial charge in [-0.2, -0.15) is 0 Å². The van der Waals surface area contributed by atoms with Crippen LogP contribution in [0, 0.1) is 11.2 Å². The maximum atomic E-state index is 5.02. The van der Waals surface area contributed by atoms with E-state index in [2.05, 4.69) is 37.4 Å². The molecule has 1 aromatic heterocycles. The number of ether oxygens (including phenoxy) is 1. The smallest absolute Gasteiger partial charge is 0.123 e. The van der Waals surface area contributed by atoms with E-state index in [0.29, 0.717) is 0 Å². The SMILES string of the molecule is COc1ccnc(C#CSI)c1. The molecule has 4 heteroatoms. The zero-order valence-electron chi connectivity index (χ0n) is 6.37. The molecule has 0 atom stereocenters. The second-order valence-corrected chi connectivity index (χ2v) is 3.56. The Kier molecular flexibility index (Phi) is 4.25. The first-order valence-corrected chi connectivity index (χ1v) is 6.51. The van der Waals surface area contributed by atoms with Crippen molar-refractivity contribution < 1.29 is 4.74 Å². The Morgan fingerprint density at radius 1 is 1.67 bits per heavy atom. The molecule has 0 bridgehead atoms. The van der Waals surface area contributed by atoms with Gasteiger partial charge in [0.15, 0.2) is 0 Å². The van der Waals surface area contributed by atoms with Crippen LogP contribution in [0.3, 0.4) is 0 Å². The highest BCUT2D eigenvalue weighted by Gasteiger charge is 1.91. The van der Waals surface area contributed by atoms with E-state index in [9.17, 15) is 0 Å². The first kappa shape index (κ1) is 9.68. The fourth-order valence-electron chi connectivity index (χ4n) is 0.678. The highest BCUT2D eigenvalue weighted by molar-refractivity contribution is 14.2. The number of hydrogen-bond acceptors (Lipinski definition) is 3. The van der Waals surface area contributed by atoms with Gasteiger partial charge in [0.2, 0.25) is 0 Å². The van der Waals surface area contributed by atoms with Crippen LogP contribution in [0.2, 0.25) is 0 Å². The molecular formula is C8H6INOS. The van der Waals surface area contributed by atoms with Crippen LogP contribution in [-0.4, -0.2) is 12.1 Å². The molecule has 12 heavy (non-hydrogen) atoms. The number of nitrogens with zero attached hydrogens (tertiary/aromatic N) is 1. The first-order chi connectivity index (χ1) is 5.86. The predicted octanol–water partition coefficient (Wildman–Crippen LogP) is 2.48. The number of pyridine rings is 1. The van der Waals surface area contributed by atoms with Crippen molar-refractivity contribution in [2.24, 2.45) is 0 Å². The number of aromatic nitrogens is 1. The average molecular weight is 291 g/mol. The highest BCUT2D eigenvalue weighted by atomic mass is 127. The molecule has 62 valence electrons. The fourth-order valence-corrected chi connectivity index (χ4v) is 1.15. The van der Waals surface area contributed by atoms with Crippen LogP contribution >= 0.6 is 30.1 Å². The molecule has 1 rings (SSSR count). The van der Waals surface area contributed by atoms with E-state index in [1.807, 2.05) is 0 Å². The van der Waals surface area contributed by atoms with Crippen LogP contribution in [0.5, 0.6) is 5.75 Å². The fraction of sp³-hybridized carbons (Fsp3) is 0.125. The molecule has 1 aromatic rings. The van der Waals surface area contributed by atoms with Gasteiger partial charge in [-0.1, -0.05) is 0 Å². The lowest BCUT2D eigenvalue weighted by Crippen LogP contribution is -1.85. The summed E-state index contributed by atoms with van der Waals surface area (Å²) < 4.78 is 5.02. The molecule has 0 saturated carbocycles. The molecule has 0 spiro atoms. The molecule has 0 amide bonds. The Hall–Kier alpha value is -0.410. The van der Waals surface area contributed by atoms with Gasteiger partial charge in [0.1, 0.15) is 11.4 Å². The summed E-state index contributed by atoms with van der Waals surface area (Å²) in [5.41, 5.74) is 0.735. The van der Waals surface area contributed by atoms with Crippen molar-refractivity contribution in [3.05, 3.63) is 24.0 Å². The van der Waals surface area contributed by atoms with Crippen molar-refractivity contribution in [2.75, 3.05) is 7.11 Å². The summed E-state index contributed by atoms with van der Waals surface area (Å²) >= 11 is 2.12. The lowest BCUT2D eigenvalue weighted by Gasteiger charge is -1.96. The third-order valence-corrected chi connectivity index (χ3v) is 2.02. The van der Waals surface area contributed by atoms with E-state index in [0.717, 1.165) is 11.4 Å². The lowest BCUT2D eigenvalue weighted by molar-refractivity contribution is 0.414. The first-order valence-electron chi connectivity index (χ1n) is 3.15. The summed E-state index contributed by atoms with van der Waals surface area (Å²) in [4.78, 5) is 4.05. The largest absolute Gasteiger partial charge is 0.497 e. The normalized spacial score (nSPS) is 8.50. The van der Waals surface area contributed by atoms with Crippen LogP contribution in [0.1, 0.15) is 5.69 Å². The minimum absolute atomic E-state index is 0.735. The van der Waals surface area contributed by atoms with E-state index in [1.165, 1.54) is 8.93 Å². The van der Waals surface area contributed by atoms with Crippen molar-refractivity contribution in [1.82, 2.24) is 4.98 Å². The molecule has 0 aliphatic heterocycles. The van der Waals surface area contributed by atoms with Crippen LogP contribution in [0.25, 0.3) is 0 Å². The average Bonchev–Trinajstić information content (AvgIpc) is 2.15. The number of hydrogen-bond donors (Lipinski definition) is 0. The summed E-state index contributed by atoms with van der Waals surface area (Å²) in [5.74, 6) is 3.67. The second-order valence-electron chi connectivity index (χ2n) is 1.89. The quantitative estimate of drug-likeness (QED) is 0.586. The molecule has 0 aliphatic carbocycles. The molecule has 0 unspecified atom stereocenters. The van der Waals surface area contributed by atoms with Gasteiger partial charge in [-0.15, -0.1) is 0 Å². The van der Waals surface area contributed by atoms with Crippen molar-refractivity contribution in [3.63, 3.8) is 0 Å². The third-order valence-electron chi connectivity index (χ3n) is 1.18. The van der Waals surface area contributed by atoms with E-state index < -0.39 is 0 Å². The minimum Gasteiger partial charge on any atom is -0.497 e. The van der Waals surface area contributed by atoms with Gasteiger partial charge >= 0.3 is 0 Å². The summed E-state index contributed by atoms with van der Waals surface area (Å²) in [6, 6.07) is 3.60. The molecule has 1 heterocycles. The number of rotatable bonds is 1. The zero-order chi connectivity index (χ0) is 8.81. The summed E-state index contributed by atoms with van der Waals surface area (Å²) in [7, 11) is 3.06. The summed E-state index contributed by atoms with van der Waals surface area (Å²) in [6.07, 6.45) is 1.68. The van der Waals surface area contributed by atoms with Crippen LogP contribution < -0.4 is 4.74 Å². The van der Waals surface area contributed by atoms with E-state index in [-0.39, 0.29) is 0 Å². The monoisotopic (exact) mass is 291 g/mol. The van der Waals surface area contributed by atoms with Crippen LogP contribution in [0.15, 0.2) is 18.3 Å². The van der Waals surface area contributed by atoms with Crippen molar-refractivity contribution >= 4 is 30.1 Å². The van der Waals surface area contributed by atoms with E-state index in [1.54, 1.807) is 25.4 Å². The minimum atomic E-state index is 0.735. The maximum Gasteiger partial charge on any atom is 0.123 e. The lowest BCUT2D eigenvalue weighted by atomic mass is 10.3. The zero-order valence-corrected chi connectivity index (χ0v) is 9.35. The van der Waals surface area contributed by atoms with Gasteiger partial charge in [-0.3, -0.25) is 0 Å². The second kappa shape index (κ2) is 5.27. The molecule has 0 aromatic carbocycles. The Morgan fingerprint density at radius 2 is 2.50 bits per heavy atom. The molecule has 2 nitrogen and oxygen atoms in total. The maximum absolute atomic E-state index is 5.02. The number of halogens is 1. The van der Waals surface area contributed by atoms with E-state index in [4.69, 9.17) is 4.74 Å².